The predicted molar refractivity (Wildman–Crippen MR) is 67.9 cm³/mol. The third-order valence-corrected chi connectivity index (χ3v) is 4.87. The van der Waals surface area contributed by atoms with Gasteiger partial charge >= 0.3 is 0 Å². The summed E-state index contributed by atoms with van der Waals surface area (Å²) in [6.45, 7) is 0.846. The molecule has 6 heteroatoms. The van der Waals surface area contributed by atoms with Crippen molar-refractivity contribution in [3.05, 3.63) is 0 Å². The van der Waals surface area contributed by atoms with Crippen LogP contribution in [0, 0.1) is 0 Å². The summed E-state index contributed by atoms with van der Waals surface area (Å²) in [6, 6.07) is 1.47. The Hall–Kier alpha value is -0.170. The molecule has 2 atom stereocenters. The van der Waals surface area contributed by atoms with Crippen LogP contribution in [-0.4, -0.2) is 43.7 Å². The van der Waals surface area contributed by atoms with Crippen LogP contribution in [0.5, 0.6) is 0 Å². The molecule has 0 aromatic rings. The minimum Gasteiger partial charge on any atom is -0.328 e. The van der Waals surface area contributed by atoms with Crippen molar-refractivity contribution >= 4 is 10.0 Å². The van der Waals surface area contributed by atoms with E-state index in [9.17, 15) is 8.42 Å². The summed E-state index contributed by atoms with van der Waals surface area (Å²) in [5, 5.41) is 5.02. The number of hydrogen-bond acceptors (Lipinski definition) is 4. The molecule has 2 heterocycles. The monoisotopic (exact) mass is 261 g/mol. The second-order valence-electron chi connectivity index (χ2n) is 5.43. The maximum atomic E-state index is 10.9. The molecule has 2 aliphatic heterocycles. The van der Waals surface area contributed by atoms with Crippen molar-refractivity contribution in [2.75, 3.05) is 12.3 Å². The summed E-state index contributed by atoms with van der Waals surface area (Å²) in [4.78, 5) is 2.47. The largest absolute Gasteiger partial charge is 0.328 e. The number of fused-ring (bicyclic) bond motifs is 2. The third-order valence-electron chi connectivity index (χ3n) is 4.01. The Balaban J connectivity index is 1.87. The average Bonchev–Trinajstić information content (AvgIpc) is 2.17. The highest BCUT2D eigenvalue weighted by molar-refractivity contribution is 7.89. The van der Waals surface area contributed by atoms with E-state index in [0.29, 0.717) is 24.5 Å². The number of piperidine rings is 2. The first-order valence-electron chi connectivity index (χ1n) is 6.47. The van der Waals surface area contributed by atoms with Gasteiger partial charge in [0.15, 0.2) is 0 Å². The zero-order valence-electron chi connectivity index (χ0n) is 10.2. The minimum atomic E-state index is -3.31. The van der Waals surface area contributed by atoms with Gasteiger partial charge in [-0.3, -0.25) is 4.90 Å². The molecule has 2 saturated heterocycles. The fourth-order valence-corrected chi connectivity index (χ4v) is 3.87. The van der Waals surface area contributed by atoms with E-state index in [1.807, 2.05) is 0 Å². The van der Waals surface area contributed by atoms with Gasteiger partial charge in [-0.15, -0.1) is 0 Å². The second kappa shape index (κ2) is 5.22. The van der Waals surface area contributed by atoms with Gasteiger partial charge in [0.25, 0.3) is 0 Å². The zero-order chi connectivity index (χ0) is 12.5. The fraction of sp³-hybridized carbons (Fsp3) is 1.00. The molecule has 0 spiro atoms. The number of rotatable bonds is 4. The van der Waals surface area contributed by atoms with Crippen LogP contribution < -0.4 is 10.9 Å². The smallest absolute Gasteiger partial charge is 0.209 e. The molecule has 100 valence electrons. The van der Waals surface area contributed by atoms with Gasteiger partial charge in [0.1, 0.15) is 0 Å². The fourth-order valence-electron chi connectivity index (χ4n) is 3.33. The second-order valence-corrected chi connectivity index (χ2v) is 7.16. The van der Waals surface area contributed by atoms with Crippen molar-refractivity contribution in [1.29, 1.82) is 0 Å². The van der Waals surface area contributed by atoms with E-state index >= 15 is 0 Å². The van der Waals surface area contributed by atoms with E-state index in [0.717, 1.165) is 19.4 Å². The lowest BCUT2D eigenvalue weighted by Gasteiger charge is -2.48. The van der Waals surface area contributed by atoms with Crippen LogP contribution in [0.15, 0.2) is 0 Å². The molecule has 0 aromatic carbocycles. The number of hydrogen-bond donors (Lipinski definition) is 2. The number of sulfonamides is 1. The van der Waals surface area contributed by atoms with Gasteiger partial charge in [-0.2, -0.15) is 0 Å². The Kier molecular flexibility index (Phi) is 4.07. The van der Waals surface area contributed by atoms with Gasteiger partial charge in [0.05, 0.1) is 5.75 Å². The van der Waals surface area contributed by atoms with E-state index in [4.69, 9.17) is 10.9 Å². The van der Waals surface area contributed by atoms with Crippen LogP contribution in [0.4, 0.5) is 0 Å². The molecule has 0 aromatic heterocycles. The number of primary sulfonamides is 1. The zero-order valence-corrected chi connectivity index (χ0v) is 11.0. The van der Waals surface area contributed by atoms with Crippen molar-refractivity contribution < 1.29 is 8.42 Å². The molecule has 2 fully saturated rings. The van der Waals surface area contributed by atoms with Crippen molar-refractivity contribution in [1.82, 2.24) is 4.90 Å². The first-order chi connectivity index (χ1) is 7.96. The average molecular weight is 261 g/mol. The summed E-state index contributed by atoms with van der Waals surface area (Å²) in [6.07, 6.45) is 6.46. The molecule has 0 saturated carbocycles. The SMILES string of the molecule is NC1CC2CCCC(C1)N2CCCS(N)(=O)=O. The van der Waals surface area contributed by atoms with Gasteiger partial charge < -0.3 is 5.73 Å². The molecule has 4 N–H and O–H groups in total. The van der Waals surface area contributed by atoms with Crippen LogP contribution >= 0.6 is 0 Å². The summed E-state index contributed by atoms with van der Waals surface area (Å²) in [7, 11) is -3.31. The summed E-state index contributed by atoms with van der Waals surface area (Å²) >= 11 is 0. The van der Waals surface area contributed by atoms with Crippen LogP contribution in [0.25, 0.3) is 0 Å². The van der Waals surface area contributed by atoms with Crippen LogP contribution in [0.2, 0.25) is 0 Å². The number of nitrogens with two attached hydrogens (primary N) is 2. The van der Waals surface area contributed by atoms with Crippen molar-refractivity contribution in [3.63, 3.8) is 0 Å². The summed E-state index contributed by atoms with van der Waals surface area (Å²) in [5.74, 6) is 0.0923. The highest BCUT2D eigenvalue weighted by atomic mass is 32.2. The lowest BCUT2D eigenvalue weighted by atomic mass is 9.82. The first-order valence-corrected chi connectivity index (χ1v) is 8.19. The molecule has 2 unspecified atom stereocenters. The molecule has 2 bridgehead atoms. The molecular weight excluding hydrogens is 238 g/mol. The standard InChI is InChI=1S/C11H23N3O2S/c12-9-7-10-3-1-4-11(8-9)14(10)5-2-6-17(13,15)16/h9-11H,1-8,12H2,(H2,13,15,16). The Bertz CT molecular complexity index is 344. The van der Waals surface area contributed by atoms with Crippen LogP contribution in [-0.2, 0) is 10.0 Å². The van der Waals surface area contributed by atoms with E-state index in [1.165, 1.54) is 19.3 Å². The van der Waals surface area contributed by atoms with Crippen molar-refractivity contribution in [2.24, 2.45) is 10.9 Å². The predicted octanol–water partition coefficient (Wildman–Crippen LogP) is 0.00920. The third kappa shape index (κ3) is 3.64. The Morgan fingerprint density at radius 2 is 1.76 bits per heavy atom. The van der Waals surface area contributed by atoms with E-state index < -0.39 is 10.0 Å². The van der Waals surface area contributed by atoms with Crippen molar-refractivity contribution in [2.45, 2.75) is 56.7 Å². The molecule has 0 aliphatic carbocycles. The lowest BCUT2D eigenvalue weighted by molar-refractivity contribution is 0.0320. The van der Waals surface area contributed by atoms with Gasteiger partial charge in [-0.25, -0.2) is 13.6 Å². The van der Waals surface area contributed by atoms with E-state index in [-0.39, 0.29) is 5.75 Å². The van der Waals surface area contributed by atoms with E-state index in [2.05, 4.69) is 4.90 Å². The molecular formula is C11H23N3O2S. The van der Waals surface area contributed by atoms with Gasteiger partial charge in [-0.05, 0) is 38.6 Å². The molecule has 2 aliphatic rings. The van der Waals surface area contributed by atoms with Gasteiger partial charge in [-0.1, -0.05) is 6.42 Å². The van der Waals surface area contributed by atoms with E-state index in [1.54, 1.807) is 0 Å². The summed E-state index contributed by atoms with van der Waals surface area (Å²) in [5.41, 5.74) is 6.04. The topological polar surface area (TPSA) is 89.4 Å². The summed E-state index contributed by atoms with van der Waals surface area (Å²) < 4.78 is 21.8. The first kappa shape index (κ1) is 13.3. The van der Waals surface area contributed by atoms with Gasteiger partial charge in [0, 0.05) is 18.1 Å². The van der Waals surface area contributed by atoms with Crippen LogP contribution in [0.1, 0.15) is 38.5 Å². The number of nitrogens with zero attached hydrogens (tertiary/aromatic N) is 1. The quantitative estimate of drug-likeness (QED) is 0.746. The maximum absolute atomic E-state index is 10.9. The molecule has 0 radical (unpaired) electrons. The highest BCUT2D eigenvalue weighted by Crippen LogP contribution is 2.33. The molecule has 17 heavy (non-hydrogen) atoms. The van der Waals surface area contributed by atoms with Crippen LogP contribution in [0.3, 0.4) is 0 Å². The molecule has 5 nitrogen and oxygen atoms in total. The van der Waals surface area contributed by atoms with Crippen molar-refractivity contribution in [3.8, 4) is 0 Å². The maximum Gasteiger partial charge on any atom is 0.209 e. The molecule has 0 amide bonds. The normalized spacial score (nSPS) is 34.8. The Morgan fingerprint density at radius 3 is 2.29 bits per heavy atom. The Morgan fingerprint density at radius 1 is 1.18 bits per heavy atom. The lowest BCUT2D eigenvalue weighted by Crippen LogP contribution is -2.55. The Labute approximate surface area is 104 Å². The molecule has 2 rings (SSSR count). The highest BCUT2D eigenvalue weighted by Gasteiger charge is 2.36. The minimum absolute atomic E-state index is 0.0923. The van der Waals surface area contributed by atoms with Gasteiger partial charge in [0.2, 0.25) is 10.0 Å².